The van der Waals surface area contributed by atoms with E-state index < -0.39 is 0 Å². The molecule has 15 heavy (non-hydrogen) atoms. The molecule has 0 saturated heterocycles. The standard InChI is InChI=1S/C11H18N2OS/c1-4-10-8-15-11(13-10)12-5-6-14-7-9(2)3/h8H,2,4-7H2,1,3H3,(H,12,13). The van der Waals surface area contributed by atoms with Gasteiger partial charge in [0.15, 0.2) is 5.13 Å². The van der Waals surface area contributed by atoms with Gasteiger partial charge in [0.05, 0.1) is 18.9 Å². The fourth-order valence-electron chi connectivity index (χ4n) is 1.03. The molecule has 0 spiro atoms. The summed E-state index contributed by atoms with van der Waals surface area (Å²) in [5.41, 5.74) is 2.20. The van der Waals surface area contributed by atoms with Crippen LogP contribution in [0.1, 0.15) is 19.5 Å². The van der Waals surface area contributed by atoms with E-state index >= 15 is 0 Å². The third kappa shape index (κ3) is 4.95. The summed E-state index contributed by atoms with van der Waals surface area (Å²) in [7, 11) is 0. The molecule has 3 nitrogen and oxygen atoms in total. The van der Waals surface area contributed by atoms with Gasteiger partial charge in [-0.15, -0.1) is 11.3 Å². The highest BCUT2D eigenvalue weighted by Gasteiger charge is 1.98. The maximum absolute atomic E-state index is 5.36. The molecule has 0 radical (unpaired) electrons. The molecule has 0 saturated carbocycles. The average Bonchev–Trinajstić information content (AvgIpc) is 2.65. The van der Waals surface area contributed by atoms with Gasteiger partial charge in [-0.3, -0.25) is 0 Å². The van der Waals surface area contributed by atoms with E-state index in [1.54, 1.807) is 11.3 Å². The zero-order chi connectivity index (χ0) is 11.1. The summed E-state index contributed by atoms with van der Waals surface area (Å²) in [6, 6.07) is 0. The Labute approximate surface area is 95.2 Å². The van der Waals surface area contributed by atoms with Gasteiger partial charge in [-0.1, -0.05) is 19.1 Å². The highest BCUT2D eigenvalue weighted by atomic mass is 32.1. The number of nitrogens with one attached hydrogen (secondary N) is 1. The first-order valence-corrected chi connectivity index (χ1v) is 6.00. The molecule has 0 aliphatic rings. The molecule has 0 aliphatic heterocycles. The Bertz CT molecular complexity index is 309. The van der Waals surface area contributed by atoms with Crippen molar-refractivity contribution in [3.8, 4) is 0 Å². The third-order valence-corrected chi connectivity index (χ3v) is 2.63. The van der Waals surface area contributed by atoms with E-state index in [1.165, 1.54) is 0 Å². The summed E-state index contributed by atoms with van der Waals surface area (Å²) < 4.78 is 5.36. The van der Waals surface area contributed by atoms with Crippen LogP contribution in [0.4, 0.5) is 5.13 Å². The molecule has 84 valence electrons. The molecular weight excluding hydrogens is 208 g/mol. The quantitative estimate of drug-likeness (QED) is 0.573. The summed E-state index contributed by atoms with van der Waals surface area (Å²) in [5.74, 6) is 0. The van der Waals surface area contributed by atoms with Crippen LogP contribution in [0.5, 0.6) is 0 Å². The minimum absolute atomic E-state index is 0.639. The summed E-state index contributed by atoms with van der Waals surface area (Å²) in [4.78, 5) is 4.40. The molecule has 0 aliphatic carbocycles. The predicted octanol–water partition coefficient (Wildman–Crippen LogP) is 2.71. The molecule has 0 atom stereocenters. The van der Waals surface area contributed by atoms with E-state index in [2.05, 4.69) is 29.2 Å². The van der Waals surface area contributed by atoms with E-state index in [1.807, 2.05) is 6.92 Å². The van der Waals surface area contributed by atoms with E-state index in [9.17, 15) is 0 Å². The monoisotopic (exact) mass is 226 g/mol. The lowest BCUT2D eigenvalue weighted by atomic mass is 10.4. The number of hydrogen-bond donors (Lipinski definition) is 1. The molecule has 1 N–H and O–H groups in total. The van der Waals surface area contributed by atoms with E-state index in [4.69, 9.17) is 4.74 Å². The molecular formula is C11H18N2OS. The van der Waals surface area contributed by atoms with Gasteiger partial charge >= 0.3 is 0 Å². The van der Waals surface area contributed by atoms with Crippen molar-refractivity contribution in [2.45, 2.75) is 20.3 Å². The van der Waals surface area contributed by atoms with Crippen LogP contribution in [0.25, 0.3) is 0 Å². The van der Waals surface area contributed by atoms with Gasteiger partial charge in [0.25, 0.3) is 0 Å². The van der Waals surface area contributed by atoms with Crippen molar-refractivity contribution in [3.05, 3.63) is 23.2 Å². The Hall–Kier alpha value is -0.870. The van der Waals surface area contributed by atoms with Crippen LogP contribution in [0.15, 0.2) is 17.5 Å². The second-order valence-corrected chi connectivity index (χ2v) is 4.29. The molecule has 1 rings (SSSR count). The van der Waals surface area contributed by atoms with Crippen molar-refractivity contribution >= 4 is 16.5 Å². The zero-order valence-electron chi connectivity index (χ0n) is 9.38. The molecule has 0 fully saturated rings. The lowest BCUT2D eigenvalue weighted by Crippen LogP contribution is -2.10. The molecule has 0 aromatic carbocycles. The second kappa shape index (κ2) is 6.58. The maximum Gasteiger partial charge on any atom is 0.182 e. The normalized spacial score (nSPS) is 10.3. The Morgan fingerprint density at radius 3 is 3.07 bits per heavy atom. The largest absolute Gasteiger partial charge is 0.375 e. The Morgan fingerprint density at radius 1 is 1.67 bits per heavy atom. The van der Waals surface area contributed by atoms with Crippen LogP contribution in [-0.2, 0) is 11.2 Å². The molecule has 1 heterocycles. The van der Waals surface area contributed by atoms with E-state index in [0.717, 1.165) is 29.4 Å². The van der Waals surface area contributed by atoms with Crippen molar-refractivity contribution in [2.24, 2.45) is 0 Å². The predicted molar refractivity (Wildman–Crippen MR) is 65.6 cm³/mol. The number of rotatable bonds is 7. The van der Waals surface area contributed by atoms with Crippen molar-refractivity contribution in [1.82, 2.24) is 4.98 Å². The van der Waals surface area contributed by atoms with Gasteiger partial charge < -0.3 is 10.1 Å². The molecule has 1 aromatic heterocycles. The molecule has 4 heteroatoms. The van der Waals surface area contributed by atoms with Gasteiger partial charge in [-0.05, 0) is 13.3 Å². The Kier molecular flexibility index (Phi) is 5.36. The van der Waals surface area contributed by atoms with Crippen molar-refractivity contribution in [3.63, 3.8) is 0 Å². The summed E-state index contributed by atoms with van der Waals surface area (Å²) in [6.07, 6.45) is 0.990. The zero-order valence-corrected chi connectivity index (χ0v) is 10.2. The highest BCUT2D eigenvalue weighted by molar-refractivity contribution is 7.13. The smallest absolute Gasteiger partial charge is 0.182 e. The fraction of sp³-hybridized carbons (Fsp3) is 0.545. The lowest BCUT2D eigenvalue weighted by Gasteiger charge is -2.04. The number of ether oxygens (including phenoxy) is 1. The first-order chi connectivity index (χ1) is 7.22. The van der Waals surface area contributed by atoms with Crippen LogP contribution in [-0.4, -0.2) is 24.7 Å². The average molecular weight is 226 g/mol. The van der Waals surface area contributed by atoms with E-state index in [0.29, 0.717) is 13.2 Å². The van der Waals surface area contributed by atoms with Crippen LogP contribution < -0.4 is 5.32 Å². The van der Waals surface area contributed by atoms with Gasteiger partial charge in [-0.25, -0.2) is 4.98 Å². The molecule has 0 bridgehead atoms. The number of aromatic nitrogens is 1. The van der Waals surface area contributed by atoms with Crippen molar-refractivity contribution in [1.29, 1.82) is 0 Å². The fourth-order valence-corrected chi connectivity index (χ4v) is 1.85. The number of nitrogens with zero attached hydrogens (tertiary/aromatic N) is 1. The van der Waals surface area contributed by atoms with Gasteiger partial charge in [0, 0.05) is 11.9 Å². The van der Waals surface area contributed by atoms with Crippen LogP contribution in [0, 0.1) is 0 Å². The van der Waals surface area contributed by atoms with Crippen LogP contribution in [0.3, 0.4) is 0 Å². The second-order valence-electron chi connectivity index (χ2n) is 3.43. The number of thiazole rings is 1. The van der Waals surface area contributed by atoms with Crippen LogP contribution in [0.2, 0.25) is 0 Å². The highest BCUT2D eigenvalue weighted by Crippen LogP contribution is 2.14. The molecule has 0 unspecified atom stereocenters. The molecule has 1 aromatic rings. The van der Waals surface area contributed by atoms with E-state index in [-0.39, 0.29) is 0 Å². The minimum Gasteiger partial charge on any atom is -0.375 e. The lowest BCUT2D eigenvalue weighted by molar-refractivity contribution is 0.167. The first kappa shape index (κ1) is 12.2. The SMILES string of the molecule is C=C(C)COCCNc1nc(CC)cs1. The number of hydrogen-bond acceptors (Lipinski definition) is 4. The summed E-state index contributed by atoms with van der Waals surface area (Å²) >= 11 is 1.64. The van der Waals surface area contributed by atoms with Crippen molar-refractivity contribution in [2.75, 3.05) is 25.1 Å². The Morgan fingerprint density at radius 2 is 2.47 bits per heavy atom. The maximum atomic E-state index is 5.36. The Balaban J connectivity index is 2.12. The van der Waals surface area contributed by atoms with Gasteiger partial charge in [-0.2, -0.15) is 0 Å². The van der Waals surface area contributed by atoms with Crippen molar-refractivity contribution < 1.29 is 4.74 Å². The summed E-state index contributed by atoms with van der Waals surface area (Å²) in [5, 5.41) is 6.28. The number of aryl methyl sites for hydroxylation is 1. The number of anilines is 1. The minimum atomic E-state index is 0.639. The summed E-state index contributed by atoms with van der Waals surface area (Å²) in [6.45, 7) is 9.96. The van der Waals surface area contributed by atoms with Crippen LogP contribution >= 0.6 is 11.3 Å². The van der Waals surface area contributed by atoms with Gasteiger partial charge in [0.1, 0.15) is 0 Å². The topological polar surface area (TPSA) is 34.1 Å². The molecule has 0 amide bonds. The third-order valence-electron chi connectivity index (χ3n) is 1.79. The van der Waals surface area contributed by atoms with Gasteiger partial charge in [0.2, 0.25) is 0 Å². The first-order valence-electron chi connectivity index (χ1n) is 5.12.